The zero-order valence-electron chi connectivity index (χ0n) is 15.7. The van der Waals surface area contributed by atoms with Gasteiger partial charge in [-0.2, -0.15) is 0 Å². The first-order valence-electron chi connectivity index (χ1n) is 9.48. The molecule has 1 aliphatic carbocycles. The molecule has 0 aromatic rings. The molecule has 142 valence electrons. The van der Waals surface area contributed by atoms with Crippen molar-refractivity contribution in [3.63, 3.8) is 0 Å². The van der Waals surface area contributed by atoms with Crippen molar-refractivity contribution in [2.24, 2.45) is 16.7 Å². The van der Waals surface area contributed by atoms with Gasteiger partial charge in [0, 0.05) is 24.2 Å². The van der Waals surface area contributed by atoms with E-state index < -0.39 is 28.3 Å². The fourth-order valence-corrected chi connectivity index (χ4v) is 5.42. The highest BCUT2D eigenvalue weighted by atomic mass is 16.7. The molecule has 1 spiro atoms. The molecule has 5 nitrogen and oxygen atoms in total. The maximum Gasteiger partial charge on any atom is 0.172 e. The van der Waals surface area contributed by atoms with Crippen molar-refractivity contribution in [2.45, 2.75) is 83.2 Å². The Balaban J connectivity index is 1.96. The van der Waals surface area contributed by atoms with Crippen LogP contribution < -0.4 is 0 Å². The van der Waals surface area contributed by atoms with Crippen LogP contribution in [0.1, 0.15) is 65.7 Å². The summed E-state index contributed by atoms with van der Waals surface area (Å²) in [7, 11) is 0. The highest BCUT2D eigenvalue weighted by Crippen LogP contribution is 2.69. The molecule has 2 aliphatic heterocycles. The molecule has 2 bridgehead atoms. The van der Waals surface area contributed by atoms with Gasteiger partial charge < -0.3 is 20.1 Å². The van der Waals surface area contributed by atoms with Crippen molar-refractivity contribution in [3.8, 4) is 0 Å². The van der Waals surface area contributed by atoms with Gasteiger partial charge in [0.05, 0.1) is 18.1 Å². The lowest BCUT2D eigenvalue weighted by molar-refractivity contribution is -0.322. The fraction of sp³-hybridized carbons (Fsp3) is 0.850. The molecule has 5 heteroatoms. The van der Waals surface area contributed by atoms with Gasteiger partial charge in [0.2, 0.25) is 0 Å². The molecular weight excluding hydrogens is 320 g/mol. The van der Waals surface area contributed by atoms with Crippen LogP contribution in [0.4, 0.5) is 0 Å². The number of hydrogen-bond acceptors (Lipinski definition) is 5. The lowest BCUT2D eigenvalue weighted by atomic mass is 9.56. The molecular formula is C20H32O5. The summed E-state index contributed by atoms with van der Waals surface area (Å²) in [6.07, 6.45) is 2.78. The van der Waals surface area contributed by atoms with Crippen molar-refractivity contribution in [1.82, 2.24) is 0 Å². The molecule has 3 rings (SSSR count). The number of fused-ring (bicyclic) bond motifs is 1. The molecule has 0 unspecified atom stereocenters. The quantitative estimate of drug-likeness (QED) is 0.661. The summed E-state index contributed by atoms with van der Waals surface area (Å²) in [6.45, 7) is 9.74. The standard InChI is InChI=1S/C20H32O5/c1-13(2)15(22)7-8-17(4)11-19-14(3)5-6-16(23)18(19,12-21)9-10-20(17,24)25-19/h13,16,21,23-24H,3,5-12H2,1-2,4H3/t16-,17-,18+,19+,20-/m1/s1. The number of carbonyl (C=O) groups is 1. The van der Waals surface area contributed by atoms with Crippen LogP contribution in [0.2, 0.25) is 0 Å². The third-order valence-electron chi connectivity index (χ3n) is 7.42. The van der Waals surface area contributed by atoms with Crippen molar-refractivity contribution in [1.29, 1.82) is 0 Å². The number of hydrogen-bond donors (Lipinski definition) is 3. The maximum absolute atomic E-state index is 12.1. The summed E-state index contributed by atoms with van der Waals surface area (Å²) in [5.41, 5.74) is -1.48. The fourth-order valence-electron chi connectivity index (χ4n) is 5.42. The van der Waals surface area contributed by atoms with E-state index in [0.717, 1.165) is 5.57 Å². The van der Waals surface area contributed by atoms with E-state index in [1.165, 1.54) is 0 Å². The van der Waals surface area contributed by atoms with Gasteiger partial charge in [-0.05, 0) is 37.7 Å². The number of carbonyl (C=O) groups excluding carboxylic acids is 1. The van der Waals surface area contributed by atoms with Crippen LogP contribution >= 0.6 is 0 Å². The summed E-state index contributed by atoms with van der Waals surface area (Å²) in [6, 6.07) is 0. The zero-order chi connectivity index (χ0) is 18.7. The smallest absolute Gasteiger partial charge is 0.172 e. The third-order valence-corrected chi connectivity index (χ3v) is 7.42. The monoisotopic (exact) mass is 352 g/mol. The maximum atomic E-state index is 12.1. The van der Waals surface area contributed by atoms with E-state index in [2.05, 4.69) is 6.58 Å². The molecule has 3 N–H and O–H groups in total. The number of ketones is 1. The van der Waals surface area contributed by atoms with Crippen molar-refractivity contribution in [2.75, 3.05) is 6.61 Å². The van der Waals surface area contributed by atoms with Gasteiger partial charge in [0.1, 0.15) is 11.4 Å². The molecule has 2 heterocycles. The first kappa shape index (κ1) is 19.0. The Morgan fingerprint density at radius 2 is 2.08 bits per heavy atom. The lowest BCUT2D eigenvalue weighted by Gasteiger charge is -2.57. The van der Waals surface area contributed by atoms with Crippen molar-refractivity contribution >= 4 is 5.78 Å². The van der Waals surface area contributed by atoms with Gasteiger partial charge in [-0.15, -0.1) is 0 Å². The van der Waals surface area contributed by atoms with Crippen LogP contribution in [0.15, 0.2) is 12.2 Å². The summed E-state index contributed by atoms with van der Waals surface area (Å²) >= 11 is 0. The molecule has 3 aliphatic rings. The van der Waals surface area contributed by atoms with E-state index in [9.17, 15) is 20.1 Å². The van der Waals surface area contributed by atoms with E-state index in [1.54, 1.807) is 0 Å². The summed E-state index contributed by atoms with van der Waals surface area (Å²) in [5.74, 6) is -1.19. The summed E-state index contributed by atoms with van der Waals surface area (Å²) < 4.78 is 6.29. The molecule has 0 aromatic carbocycles. The van der Waals surface area contributed by atoms with Gasteiger partial charge in [-0.3, -0.25) is 4.79 Å². The van der Waals surface area contributed by atoms with E-state index in [-0.39, 0.29) is 18.3 Å². The van der Waals surface area contributed by atoms with E-state index in [1.807, 2.05) is 20.8 Å². The predicted octanol–water partition coefficient (Wildman–Crippen LogP) is 2.33. The van der Waals surface area contributed by atoms with E-state index in [0.29, 0.717) is 44.9 Å². The van der Waals surface area contributed by atoms with Gasteiger partial charge in [-0.25, -0.2) is 0 Å². The van der Waals surface area contributed by atoms with Crippen LogP contribution in [-0.2, 0) is 9.53 Å². The Morgan fingerprint density at radius 1 is 1.40 bits per heavy atom. The SMILES string of the molecule is C=C1CC[C@@H](O)[C@@]2(CO)CC[C@@]3(O)O[C@@]12C[C@@]3(C)CCC(=O)C(C)C. The van der Waals surface area contributed by atoms with Crippen LogP contribution in [-0.4, -0.2) is 45.2 Å². The number of ether oxygens (including phenoxy) is 1. The second-order valence-corrected chi connectivity index (χ2v) is 9.04. The molecule has 2 saturated heterocycles. The minimum Gasteiger partial charge on any atom is -0.396 e. The normalized spacial score (nSPS) is 46.4. The largest absolute Gasteiger partial charge is 0.396 e. The molecule has 0 amide bonds. The van der Waals surface area contributed by atoms with Crippen LogP contribution in [0.3, 0.4) is 0 Å². The Morgan fingerprint density at radius 3 is 2.68 bits per heavy atom. The Hall–Kier alpha value is -0.750. The Labute approximate surface area is 150 Å². The zero-order valence-corrected chi connectivity index (χ0v) is 15.7. The van der Waals surface area contributed by atoms with Crippen molar-refractivity contribution in [3.05, 3.63) is 12.2 Å². The average Bonchev–Trinajstić information content (AvgIpc) is 2.75. The topological polar surface area (TPSA) is 87.0 Å². The highest BCUT2D eigenvalue weighted by molar-refractivity contribution is 5.80. The van der Waals surface area contributed by atoms with Crippen LogP contribution in [0.25, 0.3) is 0 Å². The lowest BCUT2D eigenvalue weighted by Crippen LogP contribution is -2.64. The first-order chi connectivity index (χ1) is 11.6. The molecule has 1 saturated carbocycles. The number of rotatable bonds is 5. The van der Waals surface area contributed by atoms with E-state index >= 15 is 0 Å². The van der Waals surface area contributed by atoms with Gasteiger partial charge in [-0.1, -0.05) is 27.4 Å². The van der Waals surface area contributed by atoms with Gasteiger partial charge >= 0.3 is 0 Å². The van der Waals surface area contributed by atoms with Crippen molar-refractivity contribution < 1.29 is 24.9 Å². The molecule has 25 heavy (non-hydrogen) atoms. The predicted molar refractivity (Wildman–Crippen MR) is 93.7 cm³/mol. The minimum absolute atomic E-state index is 0.0268. The molecule has 0 aromatic heterocycles. The molecule has 5 atom stereocenters. The molecule has 3 fully saturated rings. The first-order valence-corrected chi connectivity index (χ1v) is 9.48. The van der Waals surface area contributed by atoms with Gasteiger partial charge in [0.25, 0.3) is 0 Å². The highest BCUT2D eigenvalue weighted by Gasteiger charge is 2.74. The second-order valence-electron chi connectivity index (χ2n) is 9.04. The van der Waals surface area contributed by atoms with E-state index in [4.69, 9.17) is 4.74 Å². The Bertz CT molecular complexity index is 587. The third kappa shape index (κ3) is 2.39. The van der Waals surface area contributed by atoms with Crippen LogP contribution in [0, 0.1) is 16.7 Å². The second kappa shape index (κ2) is 5.88. The number of aliphatic hydroxyl groups is 3. The van der Waals surface area contributed by atoms with Crippen LogP contribution in [0.5, 0.6) is 0 Å². The average molecular weight is 352 g/mol. The number of Topliss-reactive ketones (excluding diaryl/α,β-unsaturated/α-hetero) is 1. The van der Waals surface area contributed by atoms with Gasteiger partial charge in [0.15, 0.2) is 5.79 Å². The summed E-state index contributed by atoms with van der Waals surface area (Å²) in [4.78, 5) is 12.1. The summed E-state index contributed by atoms with van der Waals surface area (Å²) in [5, 5.41) is 32.2. The molecule has 0 radical (unpaired) electrons. The Kier molecular flexibility index (Phi) is 4.47. The number of aliphatic hydroxyl groups excluding tert-OH is 2. The minimum atomic E-state index is -1.34.